The normalized spacial score (nSPS) is 46.8. The van der Waals surface area contributed by atoms with E-state index in [4.69, 9.17) is 37.9 Å². The van der Waals surface area contributed by atoms with E-state index in [1.165, 1.54) is 24.8 Å². The lowest BCUT2D eigenvalue weighted by Gasteiger charge is -2.58. The van der Waals surface area contributed by atoms with Crippen LogP contribution in [0.1, 0.15) is 108 Å². The summed E-state index contributed by atoms with van der Waals surface area (Å²) in [4.78, 5) is 13.5. The number of fused-ring (bicyclic) bond motifs is 8. The minimum atomic E-state index is -1.27. The molecule has 10 rings (SSSR count). The maximum absolute atomic E-state index is 13.5. The fraction of sp³-hybridized carbons (Fsp3) is 0.688. The number of carbonyl (C=O) groups excluding carboxylic acids is 1. The molecule has 0 radical (unpaired) electrons. The highest BCUT2D eigenvalue weighted by Crippen LogP contribution is 2.70. The van der Waals surface area contributed by atoms with E-state index < -0.39 is 43.0 Å². The van der Waals surface area contributed by atoms with Gasteiger partial charge in [0.25, 0.3) is 0 Å². The molecule has 17 atom stereocenters. The van der Waals surface area contributed by atoms with Gasteiger partial charge in [-0.3, -0.25) is 0 Å². The molecule has 4 heterocycles. The molecule has 0 aromatic heterocycles. The molecule has 7 fully saturated rings. The van der Waals surface area contributed by atoms with Crippen LogP contribution in [-0.2, 0) is 33.2 Å². The molecule has 8 aliphatic rings. The zero-order chi connectivity index (χ0) is 40.0. The number of ether oxygens (including phenoxy) is 8. The van der Waals surface area contributed by atoms with Gasteiger partial charge in [-0.05, 0) is 116 Å². The standard InChI is InChI=1S/C48H62O10/c1-27-17-22-48(53-25-27)28(2)39-37(58-48)24-36-34-16-13-31-23-33(18-20-46(31,3)35(34)19-21-47(36,39)4)54-45-40(49)42(56-43(50)29-9-7-6-8-10-29)41-38(55-45)26-52-44(57-41)30-11-14-32(51-5)15-12-30/h6-15,27-28,33-42,44-45,49H,16-26H2,1-5H3. The molecule has 10 heteroatoms. The van der Waals surface area contributed by atoms with Gasteiger partial charge in [0.1, 0.15) is 24.1 Å². The monoisotopic (exact) mass is 798 g/mol. The van der Waals surface area contributed by atoms with E-state index in [0.29, 0.717) is 47.2 Å². The number of hydrogen-bond donors (Lipinski definition) is 1. The Morgan fingerprint density at radius 3 is 2.47 bits per heavy atom. The van der Waals surface area contributed by atoms with Crippen molar-refractivity contribution >= 4 is 5.97 Å². The zero-order valence-electron chi connectivity index (χ0n) is 34.8. The van der Waals surface area contributed by atoms with Crippen molar-refractivity contribution in [3.8, 4) is 5.75 Å². The van der Waals surface area contributed by atoms with Crippen molar-refractivity contribution in [2.75, 3.05) is 20.3 Å². The zero-order valence-corrected chi connectivity index (χ0v) is 34.8. The SMILES string of the molecule is COc1ccc(C2OCC3OC(OC4CCC5(C)C(=CCC6C5CCC5(C)C6CC6OC7(CCC(C)CO7)C(C)C65)C4)C(O)C(OC(=O)c4ccccc4)C3O2)cc1. The van der Waals surface area contributed by atoms with Crippen LogP contribution in [0.3, 0.4) is 0 Å². The fourth-order valence-electron chi connectivity index (χ4n) is 13.5. The molecule has 4 saturated heterocycles. The molecule has 2 aromatic carbocycles. The third-order valence-electron chi connectivity index (χ3n) is 16.6. The molecule has 1 spiro atoms. The van der Waals surface area contributed by atoms with Crippen molar-refractivity contribution in [3.05, 3.63) is 77.4 Å². The molecule has 4 aliphatic heterocycles. The number of allylic oxidation sites excluding steroid dienone is 1. The molecule has 0 bridgehead atoms. The molecular weight excluding hydrogens is 737 g/mol. The number of aliphatic hydroxyl groups is 1. The maximum atomic E-state index is 13.5. The van der Waals surface area contributed by atoms with Crippen LogP contribution in [0.15, 0.2) is 66.2 Å². The number of benzene rings is 2. The molecule has 17 unspecified atom stereocenters. The first-order chi connectivity index (χ1) is 28.0. The Balaban J connectivity index is 0.834. The van der Waals surface area contributed by atoms with Gasteiger partial charge >= 0.3 is 5.97 Å². The van der Waals surface area contributed by atoms with Crippen LogP contribution < -0.4 is 4.74 Å². The van der Waals surface area contributed by atoms with Crippen molar-refractivity contribution in [1.29, 1.82) is 0 Å². The summed E-state index contributed by atoms with van der Waals surface area (Å²) in [6.45, 7) is 10.8. The minimum Gasteiger partial charge on any atom is -0.497 e. The quantitative estimate of drug-likeness (QED) is 0.227. The second kappa shape index (κ2) is 15.0. The molecule has 0 amide bonds. The summed E-state index contributed by atoms with van der Waals surface area (Å²) in [6, 6.07) is 16.3. The van der Waals surface area contributed by atoms with Crippen LogP contribution >= 0.6 is 0 Å². The van der Waals surface area contributed by atoms with Crippen LogP contribution in [0.4, 0.5) is 0 Å². The number of carbonyl (C=O) groups is 1. The predicted molar refractivity (Wildman–Crippen MR) is 213 cm³/mol. The Morgan fingerprint density at radius 2 is 1.71 bits per heavy atom. The van der Waals surface area contributed by atoms with Crippen molar-refractivity contribution in [2.24, 2.45) is 46.3 Å². The third kappa shape index (κ3) is 6.42. The Labute approximate surface area is 343 Å². The lowest BCUT2D eigenvalue weighted by atomic mass is 9.47. The van der Waals surface area contributed by atoms with Gasteiger partial charge in [-0.1, -0.05) is 69.7 Å². The molecule has 314 valence electrons. The highest BCUT2D eigenvalue weighted by atomic mass is 16.8. The number of hydrogen-bond acceptors (Lipinski definition) is 10. The van der Waals surface area contributed by atoms with Gasteiger partial charge in [0.05, 0.1) is 38.1 Å². The highest BCUT2D eigenvalue weighted by molar-refractivity contribution is 5.89. The first-order valence-corrected chi connectivity index (χ1v) is 22.2. The van der Waals surface area contributed by atoms with Gasteiger partial charge in [-0.2, -0.15) is 0 Å². The van der Waals surface area contributed by atoms with Gasteiger partial charge < -0.3 is 43.0 Å². The lowest BCUT2D eigenvalue weighted by Crippen LogP contribution is -2.63. The van der Waals surface area contributed by atoms with E-state index in [9.17, 15) is 9.90 Å². The average Bonchev–Trinajstić information content (AvgIpc) is 3.69. The fourth-order valence-corrected chi connectivity index (χ4v) is 13.5. The first-order valence-electron chi connectivity index (χ1n) is 22.2. The van der Waals surface area contributed by atoms with Gasteiger partial charge in [-0.15, -0.1) is 0 Å². The summed E-state index contributed by atoms with van der Waals surface area (Å²) >= 11 is 0. The highest BCUT2D eigenvalue weighted by Gasteiger charge is 2.69. The van der Waals surface area contributed by atoms with Gasteiger partial charge in [0.15, 0.2) is 24.5 Å². The maximum Gasteiger partial charge on any atom is 0.338 e. The third-order valence-corrected chi connectivity index (χ3v) is 16.6. The van der Waals surface area contributed by atoms with Crippen LogP contribution in [0.25, 0.3) is 0 Å². The van der Waals surface area contributed by atoms with Crippen molar-refractivity contribution in [2.45, 2.75) is 140 Å². The predicted octanol–water partition coefficient (Wildman–Crippen LogP) is 8.17. The molecule has 10 nitrogen and oxygen atoms in total. The van der Waals surface area contributed by atoms with Crippen LogP contribution in [0.2, 0.25) is 0 Å². The van der Waals surface area contributed by atoms with Crippen molar-refractivity contribution in [1.82, 2.24) is 0 Å². The van der Waals surface area contributed by atoms with E-state index >= 15 is 0 Å². The summed E-state index contributed by atoms with van der Waals surface area (Å²) in [5, 5.41) is 12.0. The summed E-state index contributed by atoms with van der Waals surface area (Å²) in [6.07, 6.45) is 6.91. The summed E-state index contributed by atoms with van der Waals surface area (Å²) < 4.78 is 50.8. The largest absolute Gasteiger partial charge is 0.497 e. The van der Waals surface area contributed by atoms with E-state index in [1.54, 1.807) is 31.4 Å². The number of aliphatic hydroxyl groups excluding tert-OH is 1. The van der Waals surface area contributed by atoms with E-state index in [0.717, 1.165) is 56.4 Å². The Hall–Kier alpha value is -2.83. The molecule has 58 heavy (non-hydrogen) atoms. The van der Waals surface area contributed by atoms with Crippen molar-refractivity contribution < 1.29 is 47.8 Å². The van der Waals surface area contributed by atoms with Gasteiger partial charge in [0.2, 0.25) is 0 Å². The smallest absolute Gasteiger partial charge is 0.338 e. The molecule has 2 aromatic rings. The van der Waals surface area contributed by atoms with E-state index in [1.807, 2.05) is 30.3 Å². The lowest BCUT2D eigenvalue weighted by molar-refractivity contribution is -0.366. The average molecular weight is 799 g/mol. The first kappa shape index (κ1) is 39.3. The van der Waals surface area contributed by atoms with Crippen LogP contribution in [0.5, 0.6) is 5.75 Å². The second-order valence-corrected chi connectivity index (χ2v) is 19.6. The summed E-state index contributed by atoms with van der Waals surface area (Å²) in [5.74, 6) is 3.33. The Morgan fingerprint density at radius 1 is 0.897 bits per heavy atom. The Kier molecular flexibility index (Phi) is 10.1. The molecule has 4 aliphatic carbocycles. The molecule has 3 saturated carbocycles. The number of esters is 1. The van der Waals surface area contributed by atoms with Crippen LogP contribution in [0, 0.1) is 46.3 Å². The number of rotatable bonds is 6. The molecular formula is C48H62O10. The van der Waals surface area contributed by atoms with Crippen LogP contribution in [-0.4, -0.2) is 80.1 Å². The Bertz CT molecular complexity index is 1840. The number of methoxy groups -OCH3 is 1. The van der Waals surface area contributed by atoms with E-state index in [-0.39, 0.29) is 29.3 Å². The second-order valence-electron chi connectivity index (χ2n) is 19.6. The minimum absolute atomic E-state index is 0.116. The summed E-state index contributed by atoms with van der Waals surface area (Å²) in [7, 11) is 1.62. The molecule has 1 N–H and O–H groups in total. The van der Waals surface area contributed by atoms with Gasteiger partial charge in [-0.25, -0.2) is 4.79 Å². The topological polar surface area (TPSA) is 111 Å². The summed E-state index contributed by atoms with van der Waals surface area (Å²) in [5.41, 5.74) is 3.06. The van der Waals surface area contributed by atoms with Gasteiger partial charge in [0, 0.05) is 17.9 Å². The van der Waals surface area contributed by atoms with E-state index in [2.05, 4.69) is 33.8 Å². The van der Waals surface area contributed by atoms with Crippen molar-refractivity contribution in [3.63, 3.8) is 0 Å².